The maximum Gasteiger partial charge on any atom is 0.245 e. The first-order chi connectivity index (χ1) is 12.6. The highest BCUT2D eigenvalue weighted by Gasteiger charge is 2.11. The van der Waals surface area contributed by atoms with Gasteiger partial charge in [0.1, 0.15) is 0 Å². The number of thiazole rings is 1. The molecule has 0 fully saturated rings. The molecule has 7 heteroatoms. The maximum atomic E-state index is 12.0. The van der Waals surface area contributed by atoms with Gasteiger partial charge in [-0.25, -0.2) is 4.98 Å². The van der Waals surface area contributed by atoms with E-state index in [0.29, 0.717) is 5.13 Å². The molecule has 0 aliphatic heterocycles. The van der Waals surface area contributed by atoms with E-state index in [1.165, 1.54) is 16.2 Å². The number of aromatic nitrogens is 1. The van der Waals surface area contributed by atoms with Crippen LogP contribution in [0.2, 0.25) is 0 Å². The van der Waals surface area contributed by atoms with Crippen molar-refractivity contribution in [2.75, 3.05) is 11.9 Å². The van der Waals surface area contributed by atoms with Crippen LogP contribution in [0.25, 0.3) is 10.6 Å². The first-order valence-electron chi connectivity index (χ1n) is 8.29. The molecule has 0 saturated carbocycles. The fourth-order valence-corrected chi connectivity index (χ4v) is 4.05. The van der Waals surface area contributed by atoms with Crippen molar-refractivity contribution < 1.29 is 9.59 Å². The van der Waals surface area contributed by atoms with Crippen LogP contribution in [-0.2, 0) is 22.4 Å². The van der Waals surface area contributed by atoms with Gasteiger partial charge in [0.2, 0.25) is 11.8 Å². The van der Waals surface area contributed by atoms with Crippen LogP contribution < -0.4 is 10.6 Å². The van der Waals surface area contributed by atoms with Crippen LogP contribution in [0.5, 0.6) is 0 Å². The number of amides is 2. The van der Waals surface area contributed by atoms with Crippen molar-refractivity contribution in [2.45, 2.75) is 19.8 Å². The number of anilines is 1. The van der Waals surface area contributed by atoms with E-state index in [4.69, 9.17) is 0 Å². The van der Waals surface area contributed by atoms with Crippen LogP contribution in [0.3, 0.4) is 0 Å². The summed E-state index contributed by atoms with van der Waals surface area (Å²) in [6, 6.07) is 13.6. The second-order valence-electron chi connectivity index (χ2n) is 5.64. The molecular weight excluding hydrogens is 366 g/mol. The molecule has 5 nitrogen and oxygen atoms in total. The second-order valence-corrected chi connectivity index (χ2v) is 7.67. The number of thiophene rings is 1. The molecule has 0 spiro atoms. The summed E-state index contributed by atoms with van der Waals surface area (Å²) in [4.78, 5) is 30.7. The SMILES string of the molecule is CCc1ccc(-c2csc(NC(=O)CNC(=O)Cc3ccccc3)n2)s1. The Kier molecular flexibility index (Phi) is 6.14. The fraction of sp³-hybridized carbons (Fsp3) is 0.211. The lowest BCUT2D eigenvalue weighted by molar-refractivity contribution is -0.123. The number of rotatable bonds is 7. The zero-order chi connectivity index (χ0) is 18.4. The zero-order valence-electron chi connectivity index (χ0n) is 14.3. The van der Waals surface area contributed by atoms with Crippen molar-refractivity contribution in [3.05, 3.63) is 58.3 Å². The van der Waals surface area contributed by atoms with E-state index >= 15 is 0 Å². The monoisotopic (exact) mass is 385 g/mol. The van der Waals surface area contributed by atoms with Gasteiger partial charge in [0.15, 0.2) is 5.13 Å². The van der Waals surface area contributed by atoms with Crippen molar-refractivity contribution in [2.24, 2.45) is 0 Å². The van der Waals surface area contributed by atoms with Crippen molar-refractivity contribution in [1.82, 2.24) is 10.3 Å². The Morgan fingerprint density at radius 1 is 1.08 bits per heavy atom. The number of nitrogens with one attached hydrogen (secondary N) is 2. The predicted molar refractivity (Wildman–Crippen MR) is 107 cm³/mol. The lowest BCUT2D eigenvalue weighted by Gasteiger charge is -2.05. The summed E-state index contributed by atoms with van der Waals surface area (Å²) in [5.41, 5.74) is 1.78. The summed E-state index contributed by atoms with van der Waals surface area (Å²) < 4.78 is 0. The molecule has 2 amide bonds. The molecule has 3 aromatic rings. The highest BCUT2D eigenvalue weighted by Crippen LogP contribution is 2.30. The average Bonchev–Trinajstić information content (AvgIpc) is 3.30. The maximum absolute atomic E-state index is 12.0. The topological polar surface area (TPSA) is 71.1 Å². The van der Waals surface area contributed by atoms with Gasteiger partial charge in [-0.3, -0.25) is 9.59 Å². The summed E-state index contributed by atoms with van der Waals surface area (Å²) >= 11 is 3.09. The van der Waals surface area contributed by atoms with Gasteiger partial charge in [-0.05, 0) is 24.1 Å². The Labute approximate surface area is 160 Å². The quantitative estimate of drug-likeness (QED) is 0.651. The average molecular weight is 386 g/mol. The predicted octanol–water partition coefficient (Wildman–Crippen LogP) is 3.73. The minimum Gasteiger partial charge on any atom is -0.347 e. The molecule has 3 rings (SSSR count). The number of aryl methyl sites for hydroxylation is 1. The molecule has 2 heterocycles. The van der Waals surface area contributed by atoms with Gasteiger partial charge in [0.25, 0.3) is 0 Å². The minimum atomic E-state index is -0.285. The van der Waals surface area contributed by atoms with Crippen LogP contribution in [0.15, 0.2) is 47.8 Å². The van der Waals surface area contributed by atoms with E-state index in [1.807, 2.05) is 41.8 Å². The lowest BCUT2D eigenvalue weighted by atomic mass is 10.1. The van der Waals surface area contributed by atoms with Crippen molar-refractivity contribution in [3.8, 4) is 10.6 Å². The van der Waals surface area contributed by atoms with Gasteiger partial charge >= 0.3 is 0 Å². The molecule has 0 aliphatic carbocycles. The summed E-state index contributed by atoms with van der Waals surface area (Å²) in [7, 11) is 0. The van der Waals surface area contributed by atoms with E-state index < -0.39 is 0 Å². The van der Waals surface area contributed by atoms with Crippen LogP contribution in [-0.4, -0.2) is 23.3 Å². The lowest BCUT2D eigenvalue weighted by Crippen LogP contribution is -2.33. The van der Waals surface area contributed by atoms with E-state index in [2.05, 4.69) is 28.6 Å². The molecule has 134 valence electrons. The Bertz CT molecular complexity index is 887. The highest BCUT2D eigenvalue weighted by molar-refractivity contribution is 7.17. The van der Waals surface area contributed by atoms with E-state index in [9.17, 15) is 9.59 Å². The number of hydrogen-bond acceptors (Lipinski definition) is 5. The zero-order valence-corrected chi connectivity index (χ0v) is 16.0. The summed E-state index contributed by atoms with van der Waals surface area (Å²) in [5.74, 6) is -0.468. The molecule has 0 radical (unpaired) electrons. The Morgan fingerprint density at radius 3 is 2.62 bits per heavy atom. The Balaban J connectivity index is 1.48. The number of benzene rings is 1. The molecular formula is C19H19N3O2S2. The first-order valence-corrected chi connectivity index (χ1v) is 9.98. The van der Waals surface area contributed by atoms with Crippen LogP contribution in [0, 0.1) is 0 Å². The third-order valence-corrected chi connectivity index (χ3v) is 5.68. The van der Waals surface area contributed by atoms with Gasteiger partial charge in [0, 0.05) is 10.3 Å². The van der Waals surface area contributed by atoms with Gasteiger partial charge in [-0.2, -0.15) is 0 Å². The van der Waals surface area contributed by atoms with E-state index in [0.717, 1.165) is 22.6 Å². The Hall–Kier alpha value is -2.51. The van der Waals surface area contributed by atoms with Crippen molar-refractivity contribution in [3.63, 3.8) is 0 Å². The number of carbonyl (C=O) groups is 2. The molecule has 0 aliphatic rings. The summed E-state index contributed by atoms with van der Waals surface area (Å²) in [6.45, 7) is 2.05. The Morgan fingerprint density at radius 2 is 1.88 bits per heavy atom. The fourth-order valence-electron chi connectivity index (χ4n) is 2.34. The number of nitrogens with zero attached hydrogens (tertiary/aromatic N) is 1. The van der Waals surface area contributed by atoms with Gasteiger partial charge in [0.05, 0.1) is 23.5 Å². The van der Waals surface area contributed by atoms with Crippen molar-refractivity contribution in [1.29, 1.82) is 0 Å². The van der Waals surface area contributed by atoms with Gasteiger partial charge in [-0.1, -0.05) is 37.3 Å². The standard InChI is InChI=1S/C19H19N3O2S2/c1-2-14-8-9-16(26-14)15-12-25-19(21-15)22-18(24)11-20-17(23)10-13-6-4-3-5-7-13/h3-9,12H,2,10-11H2,1H3,(H,20,23)(H,21,22,24). The van der Waals surface area contributed by atoms with Crippen molar-refractivity contribution >= 4 is 39.6 Å². The smallest absolute Gasteiger partial charge is 0.245 e. The van der Waals surface area contributed by atoms with E-state index in [-0.39, 0.29) is 24.8 Å². The molecule has 0 bridgehead atoms. The number of hydrogen-bond donors (Lipinski definition) is 2. The summed E-state index contributed by atoms with van der Waals surface area (Å²) in [5, 5.41) is 7.82. The van der Waals surface area contributed by atoms with E-state index in [1.54, 1.807) is 11.3 Å². The molecule has 0 atom stereocenters. The minimum absolute atomic E-state index is 0.0699. The van der Waals surface area contributed by atoms with Crippen LogP contribution in [0.1, 0.15) is 17.4 Å². The third-order valence-electron chi connectivity index (χ3n) is 3.67. The molecule has 2 N–H and O–H groups in total. The second kappa shape index (κ2) is 8.73. The molecule has 0 saturated heterocycles. The third kappa shape index (κ3) is 5.00. The largest absolute Gasteiger partial charge is 0.347 e. The molecule has 1 aromatic carbocycles. The molecule has 0 unspecified atom stereocenters. The van der Waals surface area contributed by atoms with Crippen LogP contribution in [0.4, 0.5) is 5.13 Å². The van der Waals surface area contributed by atoms with Gasteiger partial charge in [-0.15, -0.1) is 22.7 Å². The highest BCUT2D eigenvalue weighted by atomic mass is 32.1. The molecule has 2 aromatic heterocycles. The van der Waals surface area contributed by atoms with Gasteiger partial charge < -0.3 is 10.6 Å². The number of carbonyl (C=O) groups excluding carboxylic acids is 2. The van der Waals surface area contributed by atoms with Crippen LogP contribution >= 0.6 is 22.7 Å². The normalized spacial score (nSPS) is 10.5. The first kappa shape index (κ1) is 18.3. The summed E-state index contributed by atoms with van der Waals surface area (Å²) in [6.07, 6.45) is 1.26. The molecule has 26 heavy (non-hydrogen) atoms.